The van der Waals surface area contributed by atoms with Crippen molar-refractivity contribution in [1.82, 2.24) is 4.90 Å². The molecule has 3 heteroatoms. The van der Waals surface area contributed by atoms with Crippen molar-refractivity contribution in [2.45, 2.75) is 12.8 Å². The molecule has 1 heterocycles. The Bertz CT molecular complexity index is 389. The van der Waals surface area contributed by atoms with Crippen LogP contribution in [-0.2, 0) is 4.79 Å². The van der Waals surface area contributed by atoms with E-state index in [1.807, 2.05) is 35.2 Å². The van der Waals surface area contributed by atoms with Crippen molar-refractivity contribution in [3.05, 3.63) is 35.9 Å². The van der Waals surface area contributed by atoms with E-state index < -0.39 is 0 Å². The highest BCUT2D eigenvalue weighted by Gasteiger charge is 2.14. The van der Waals surface area contributed by atoms with Gasteiger partial charge in [0.15, 0.2) is 0 Å². The molecule has 0 bridgehead atoms. The lowest BCUT2D eigenvalue weighted by atomic mass is 10.2. The van der Waals surface area contributed by atoms with Gasteiger partial charge in [-0.3, -0.25) is 4.79 Å². The molecule has 0 aromatic heterocycles. The molecule has 0 radical (unpaired) electrons. The van der Waals surface area contributed by atoms with E-state index in [9.17, 15) is 4.79 Å². The molecule has 1 aliphatic heterocycles. The summed E-state index contributed by atoms with van der Waals surface area (Å²) < 4.78 is 0. The van der Waals surface area contributed by atoms with Crippen LogP contribution in [0.15, 0.2) is 30.3 Å². The van der Waals surface area contributed by atoms with Crippen LogP contribution < -0.4 is 5.73 Å². The highest BCUT2D eigenvalue weighted by molar-refractivity contribution is 5.91. The van der Waals surface area contributed by atoms with Gasteiger partial charge < -0.3 is 10.6 Å². The maximum atomic E-state index is 11.7. The molecule has 1 amide bonds. The Hall–Kier alpha value is -1.77. The second-order valence-electron chi connectivity index (χ2n) is 4.03. The fourth-order valence-electron chi connectivity index (χ4n) is 1.82. The number of rotatable bonds is 2. The lowest BCUT2D eigenvalue weighted by Gasteiger charge is -2.11. The number of anilines is 1. The summed E-state index contributed by atoms with van der Waals surface area (Å²) in [6.45, 7) is 1.79. The van der Waals surface area contributed by atoms with Gasteiger partial charge in [-0.2, -0.15) is 0 Å². The Morgan fingerprint density at radius 2 is 1.81 bits per heavy atom. The average Bonchev–Trinajstić information content (AvgIpc) is 2.81. The van der Waals surface area contributed by atoms with Gasteiger partial charge >= 0.3 is 0 Å². The van der Waals surface area contributed by atoms with Gasteiger partial charge in [0.2, 0.25) is 5.91 Å². The second kappa shape index (κ2) is 4.84. The number of nitrogen functional groups attached to an aromatic ring is 1. The summed E-state index contributed by atoms with van der Waals surface area (Å²) in [5, 5.41) is 0. The largest absolute Gasteiger partial charge is 0.399 e. The van der Waals surface area contributed by atoms with E-state index >= 15 is 0 Å². The smallest absolute Gasteiger partial charge is 0.246 e. The predicted molar refractivity (Wildman–Crippen MR) is 65.7 cm³/mol. The number of likely N-dealkylation sites (tertiary alicyclic amines) is 1. The van der Waals surface area contributed by atoms with Crippen LogP contribution in [-0.4, -0.2) is 23.9 Å². The van der Waals surface area contributed by atoms with Crippen LogP contribution in [0, 0.1) is 0 Å². The van der Waals surface area contributed by atoms with Gasteiger partial charge in [0.25, 0.3) is 0 Å². The van der Waals surface area contributed by atoms with Crippen LogP contribution in [0.3, 0.4) is 0 Å². The third-order valence-corrected chi connectivity index (χ3v) is 2.77. The number of hydrogen-bond acceptors (Lipinski definition) is 2. The quantitative estimate of drug-likeness (QED) is 0.606. The van der Waals surface area contributed by atoms with Gasteiger partial charge in [-0.25, -0.2) is 0 Å². The van der Waals surface area contributed by atoms with Crippen molar-refractivity contribution in [2.24, 2.45) is 0 Å². The maximum absolute atomic E-state index is 11.7. The van der Waals surface area contributed by atoms with E-state index in [1.54, 1.807) is 6.08 Å². The lowest BCUT2D eigenvalue weighted by Crippen LogP contribution is -2.25. The second-order valence-corrected chi connectivity index (χ2v) is 4.03. The third kappa shape index (κ3) is 2.63. The summed E-state index contributed by atoms with van der Waals surface area (Å²) >= 11 is 0. The monoisotopic (exact) mass is 216 g/mol. The highest BCUT2D eigenvalue weighted by atomic mass is 16.2. The molecule has 84 valence electrons. The van der Waals surface area contributed by atoms with Gasteiger partial charge in [-0.05, 0) is 36.6 Å². The summed E-state index contributed by atoms with van der Waals surface area (Å²) in [4.78, 5) is 13.6. The van der Waals surface area contributed by atoms with Crippen LogP contribution in [0.2, 0.25) is 0 Å². The molecule has 0 unspecified atom stereocenters. The number of amides is 1. The van der Waals surface area contributed by atoms with Crippen LogP contribution in [0.5, 0.6) is 0 Å². The first-order valence-corrected chi connectivity index (χ1v) is 5.58. The van der Waals surface area contributed by atoms with Gasteiger partial charge in [-0.1, -0.05) is 12.1 Å². The van der Waals surface area contributed by atoms with Crippen molar-refractivity contribution >= 4 is 17.7 Å². The fraction of sp³-hybridized carbons (Fsp3) is 0.308. The first-order chi connectivity index (χ1) is 7.75. The van der Waals surface area contributed by atoms with E-state index in [4.69, 9.17) is 5.73 Å². The van der Waals surface area contributed by atoms with Crippen molar-refractivity contribution in [3.63, 3.8) is 0 Å². The molecular formula is C13H16N2O. The first-order valence-electron chi connectivity index (χ1n) is 5.58. The number of carbonyl (C=O) groups excluding carboxylic acids is 1. The zero-order chi connectivity index (χ0) is 11.4. The zero-order valence-electron chi connectivity index (χ0n) is 9.23. The number of benzene rings is 1. The third-order valence-electron chi connectivity index (χ3n) is 2.77. The summed E-state index contributed by atoms with van der Waals surface area (Å²) in [5.41, 5.74) is 7.32. The van der Waals surface area contributed by atoms with Crippen LogP contribution in [0.4, 0.5) is 5.69 Å². The van der Waals surface area contributed by atoms with Crippen LogP contribution in [0.25, 0.3) is 6.08 Å². The highest BCUT2D eigenvalue weighted by Crippen LogP contribution is 2.10. The standard InChI is InChI=1S/C13H16N2O/c14-12-6-3-11(4-7-12)5-8-13(16)15-9-1-2-10-15/h3-8H,1-2,9-10,14H2/b8-5+. The maximum Gasteiger partial charge on any atom is 0.246 e. The molecule has 1 aliphatic rings. The predicted octanol–water partition coefficient (Wildman–Crippen LogP) is 1.90. The number of hydrogen-bond donors (Lipinski definition) is 1. The molecule has 0 aliphatic carbocycles. The SMILES string of the molecule is Nc1ccc(/C=C/C(=O)N2CCCC2)cc1. The minimum atomic E-state index is 0.106. The van der Waals surface area contributed by atoms with E-state index in [0.717, 1.165) is 37.2 Å². The van der Waals surface area contributed by atoms with Gasteiger partial charge in [0, 0.05) is 24.9 Å². The van der Waals surface area contributed by atoms with E-state index in [2.05, 4.69) is 0 Å². The molecule has 0 saturated carbocycles. The Morgan fingerprint density at radius 1 is 1.19 bits per heavy atom. The molecular weight excluding hydrogens is 200 g/mol. The summed E-state index contributed by atoms with van der Waals surface area (Å²) in [5.74, 6) is 0.106. The fourth-order valence-corrected chi connectivity index (χ4v) is 1.82. The number of carbonyl (C=O) groups is 1. The Balaban J connectivity index is 1.97. The number of nitrogens with zero attached hydrogens (tertiary/aromatic N) is 1. The lowest BCUT2D eigenvalue weighted by molar-refractivity contribution is -0.124. The first kappa shape index (κ1) is 10.7. The van der Waals surface area contributed by atoms with Crippen LogP contribution >= 0.6 is 0 Å². The van der Waals surface area contributed by atoms with Gasteiger partial charge in [-0.15, -0.1) is 0 Å². The molecule has 1 aromatic carbocycles. The zero-order valence-corrected chi connectivity index (χ0v) is 9.23. The normalized spacial score (nSPS) is 15.9. The van der Waals surface area contributed by atoms with E-state index in [1.165, 1.54) is 0 Å². The molecule has 0 atom stereocenters. The van der Waals surface area contributed by atoms with Crippen molar-refractivity contribution in [3.8, 4) is 0 Å². The van der Waals surface area contributed by atoms with E-state index in [0.29, 0.717) is 0 Å². The Kier molecular flexibility index (Phi) is 3.25. The average molecular weight is 216 g/mol. The molecule has 1 saturated heterocycles. The molecule has 2 N–H and O–H groups in total. The van der Waals surface area contributed by atoms with Crippen molar-refractivity contribution in [2.75, 3.05) is 18.8 Å². The van der Waals surface area contributed by atoms with E-state index in [-0.39, 0.29) is 5.91 Å². The molecule has 2 rings (SSSR count). The van der Waals surface area contributed by atoms with Gasteiger partial charge in [0.1, 0.15) is 0 Å². The summed E-state index contributed by atoms with van der Waals surface area (Å²) in [6, 6.07) is 7.48. The molecule has 1 aromatic rings. The minimum Gasteiger partial charge on any atom is -0.399 e. The Morgan fingerprint density at radius 3 is 2.44 bits per heavy atom. The molecule has 1 fully saturated rings. The topological polar surface area (TPSA) is 46.3 Å². The summed E-state index contributed by atoms with van der Waals surface area (Å²) in [7, 11) is 0. The summed E-state index contributed by atoms with van der Waals surface area (Å²) in [6.07, 6.45) is 5.72. The van der Waals surface area contributed by atoms with Gasteiger partial charge in [0.05, 0.1) is 0 Å². The van der Waals surface area contributed by atoms with Crippen molar-refractivity contribution in [1.29, 1.82) is 0 Å². The minimum absolute atomic E-state index is 0.106. The van der Waals surface area contributed by atoms with Crippen molar-refractivity contribution < 1.29 is 4.79 Å². The van der Waals surface area contributed by atoms with Crippen LogP contribution in [0.1, 0.15) is 18.4 Å². The molecule has 16 heavy (non-hydrogen) atoms. The Labute approximate surface area is 95.6 Å². The molecule has 0 spiro atoms. The molecule has 3 nitrogen and oxygen atoms in total. The number of nitrogens with two attached hydrogens (primary N) is 1.